The van der Waals surface area contributed by atoms with Crippen LogP contribution in [0.5, 0.6) is 0 Å². The van der Waals surface area contributed by atoms with Gasteiger partial charge in [0.05, 0.1) is 0 Å². The summed E-state index contributed by atoms with van der Waals surface area (Å²) in [4.78, 5) is 0.775. The van der Waals surface area contributed by atoms with E-state index in [9.17, 15) is 13.0 Å². The van der Waals surface area contributed by atoms with Gasteiger partial charge in [0.1, 0.15) is 0 Å². The van der Waals surface area contributed by atoms with Crippen LogP contribution in [0, 0.1) is 0 Å². The summed E-state index contributed by atoms with van der Waals surface area (Å²) in [6.45, 7) is 1.84. The molecule has 2 unspecified atom stereocenters. The molecule has 0 aromatic heterocycles. The molecule has 0 radical (unpaired) electrons. The zero-order valence-corrected chi connectivity index (χ0v) is 14.8. The van der Waals surface area contributed by atoms with E-state index in [-0.39, 0.29) is 0 Å². The summed E-state index contributed by atoms with van der Waals surface area (Å²) in [5, 5.41) is 0. The van der Waals surface area contributed by atoms with Gasteiger partial charge >= 0.3 is 0 Å². The molecule has 1 aliphatic rings. The van der Waals surface area contributed by atoms with Crippen LogP contribution in [-0.4, -0.2) is 17.0 Å². The minimum absolute atomic E-state index is 0.775. The van der Waals surface area contributed by atoms with Crippen LogP contribution in [0.1, 0.15) is 12.5 Å². The molecule has 0 spiro atoms. The first-order chi connectivity index (χ1) is 11.4. The van der Waals surface area contributed by atoms with E-state index in [4.69, 9.17) is 0 Å². The molecule has 1 N–H and O–H groups in total. The summed E-state index contributed by atoms with van der Waals surface area (Å²) in [6.07, 6.45) is 6.91. The van der Waals surface area contributed by atoms with Crippen LogP contribution >= 0.6 is 11.8 Å². The molecule has 24 heavy (non-hydrogen) atoms. The van der Waals surface area contributed by atoms with E-state index in [1.165, 1.54) is 0 Å². The molecule has 0 fully saturated rings. The van der Waals surface area contributed by atoms with E-state index in [2.05, 4.69) is 0 Å². The summed E-state index contributed by atoms with van der Waals surface area (Å²) in [7, 11) is -4.42. The van der Waals surface area contributed by atoms with Crippen LogP contribution in [0.3, 0.4) is 0 Å². The van der Waals surface area contributed by atoms with E-state index < -0.39 is 19.6 Å². The molecule has 0 bridgehead atoms. The van der Waals surface area contributed by atoms with Crippen molar-refractivity contribution >= 4 is 21.9 Å². The summed E-state index contributed by atoms with van der Waals surface area (Å²) < 4.78 is 33.8. The second-order valence-electron chi connectivity index (χ2n) is 5.84. The molecule has 5 heteroatoms. The van der Waals surface area contributed by atoms with Gasteiger partial charge in [0, 0.05) is 10.3 Å². The van der Waals surface area contributed by atoms with Crippen LogP contribution < -0.4 is 0 Å². The third kappa shape index (κ3) is 2.73. The molecule has 0 saturated heterocycles. The third-order valence-corrected chi connectivity index (χ3v) is 7.93. The molecule has 0 heterocycles. The summed E-state index contributed by atoms with van der Waals surface area (Å²) in [5.41, 5.74) is -0.0939. The Morgan fingerprint density at radius 1 is 0.875 bits per heavy atom. The molecular weight excluding hydrogens is 340 g/mol. The van der Waals surface area contributed by atoms with Crippen molar-refractivity contribution in [1.82, 2.24) is 0 Å². The lowest BCUT2D eigenvalue weighted by atomic mass is 9.76. The van der Waals surface area contributed by atoms with Crippen LogP contribution in [0.15, 0.2) is 89.9 Å². The molecule has 3 nitrogen and oxygen atoms in total. The first-order valence-corrected chi connectivity index (χ1v) is 9.78. The zero-order valence-electron chi connectivity index (χ0n) is 13.2. The number of thioether (sulfide) groups is 1. The van der Waals surface area contributed by atoms with Crippen molar-refractivity contribution in [2.75, 3.05) is 0 Å². The Morgan fingerprint density at radius 3 is 2.00 bits per heavy atom. The molecule has 1 aliphatic carbocycles. The van der Waals surface area contributed by atoms with E-state index in [0.717, 1.165) is 22.2 Å². The normalized spacial score (nSPS) is 26.4. The number of hydrogen-bond donors (Lipinski definition) is 1. The predicted octanol–water partition coefficient (Wildman–Crippen LogP) is 4.45. The van der Waals surface area contributed by atoms with E-state index >= 15 is 0 Å². The lowest BCUT2D eigenvalue weighted by Gasteiger charge is -2.44. The number of hydrogen-bond acceptors (Lipinski definition) is 3. The van der Waals surface area contributed by atoms with Crippen molar-refractivity contribution in [2.24, 2.45) is 0 Å². The Bertz CT molecular complexity index is 873. The molecule has 2 aromatic carbocycles. The van der Waals surface area contributed by atoms with Gasteiger partial charge in [-0.15, -0.1) is 0 Å². The van der Waals surface area contributed by atoms with Crippen molar-refractivity contribution in [2.45, 2.75) is 21.3 Å². The quantitative estimate of drug-likeness (QED) is 0.821. The lowest BCUT2D eigenvalue weighted by molar-refractivity contribution is 0.438. The van der Waals surface area contributed by atoms with Gasteiger partial charge in [0.15, 0.2) is 4.08 Å². The highest BCUT2D eigenvalue weighted by molar-refractivity contribution is 8.13. The number of benzene rings is 2. The van der Waals surface area contributed by atoms with Crippen molar-refractivity contribution < 1.29 is 13.0 Å². The van der Waals surface area contributed by atoms with Crippen LogP contribution in [-0.2, 0) is 15.5 Å². The van der Waals surface area contributed by atoms with Gasteiger partial charge in [-0.25, -0.2) is 0 Å². The standard InChI is InChI=1S/C19H18O3S2/c1-18(16-10-4-2-5-11-16)14-8-9-15-19(18,24(20,21)22)23-17-12-6-3-7-13-17/h2-15H,1H3,(H,20,21,22). The number of rotatable bonds is 4. The third-order valence-electron chi connectivity index (χ3n) is 4.35. The molecular formula is C19H18O3S2. The van der Waals surface area contributed by atoms with Gasteiger partial charge in [-0.1, -0.05) is 78.5 Å². The van der Waals surface area contributed by atoms with Crippen molar-refractivity contribution in [3.05, 3.63) is 90.5 Å². The highest BCUT2D eigenvalue weighted by Gasteiger charge is 2.57. The van der Waals surface area contributed by atoms with Gasteiger partial charge < -0.3 is 0 Å². The molecule has 2 aromatic rings. The van der Waals surface area contributed by atoms with Gasteiger partial charge in [0.2, 0.25) is 0 Å². The fraction of sp³-hybridized carbons (Fsp3) is 0.158. The monoisotopic (exact) mass is 358 g/mol. The topological polar surface area (TPSA) is 54.4 Å². The van der Waals surface area contributed by atoms with Crippen LogP contribution in [0.2, 0.25) is 0 Å². The van der Waals surface area contributed by atoms with Gasteiger partial charge in [-0.2, -0.15) is 8.42 Å². The molecule has 124 valence electrons. The fourth-order valence-electron chi connectivity index (χ4n) is 3.01. The summed E-state index contributed by atoms with van der Waals surface area (Å²) in [6, 6.07) is 18.6. The summed E-state index contributed by atoms with van der Waals surface area (Å²) in [5.74, 6) is 0. The van der Waals surface area contributed by atoms with E-state index in [1.807, 2.05) is 79.7 Å². The molecule has 0 aliphatic heterocycles. The van der Waals surface area contributed by atoms with Crippen LogP contribution in [0.4, 0.5) is 0 Å². The Morgan fingerprint density at radius 2 is 1.42 bits per heavy atom. The second-order valence-corrected chi connectivity index (χ2v) is 9.02. The molecule has 0 amide bonds. The minimum Gasteiger partial charge on any atom is -0.284 e. The van der Waals surface area contributed by atoms with E-state index in [0.29, 0.717) is 0 Å². The predicted molar refractivity (Wildman–Crippen MR) is 98.7 cm³/mol. The lowest BCUT2D eigenvalue weighted by Crippen LogP contribution is -2.51. The first-order valence-electron chi connectivity index (χ1n) is 7.53. The SMILES string of the molecule is CC1(c2ccccc2)C=CC=CC1(Sc1ccccc1)S(=O)(=O)O. The maximum Gasteiger partial charge on any atom is 0.285 e. The average Bonchev–Trinajstić information content (AvgIpc) is 2.58. The van der Waals surface area contributed by atoms with Gasteiger partial charge in [-0.3, -0.25) is 4.55 Å². The van der Waals surface area contributed by atoms with Crippen molar-refractivity contribution in [3.8, 4) is 0 Å². The number of allylic oxidation sites excluding steroid dienone is 3. The van der Waals surface area contributed by atoms with E-state index in [1.54, 1.807) is 12.2 Å². The maximum atomic E-state index is 12.6. The van der Waals surface area contributed by atoms with Crippen molar-refractivity contribution in [3.63, 3.8) is 0 Å². The zero-order chi connectivity index (χ0) is 17.3. The smallest absolute Gasteiger partial charge is 0.284 e. The minimum atomic E-state index is -4.42. The Balaban J connectivity index is 2.23. The Hall–Kier alpha value is -1.82. The van der Waals surface area contributed by atoms with Crippen LogP contribution in [0.25, 0.3) is 0 Å². The summed E-state index contributed by atoms with van der Waals surface area (Å²) >= 11 is 1.14. The first kappa shape index (κ1) is 17.0. The Labute approximate surface area is 146 Å². The van der Waals surface area contributed by atoms with Gasteiger partial charge in [0.25, 0.3) is 10.1 Å². The fourth-order valence-corrected chi connectivity index (χ4v) is 5.88. The largest absolute Gasteiger partial charge is 0.285 e. The molecule has 3 rings (SSSR count). The molecule has 2 atom stereocenters. The Kier molecular flexibility index (Phi) is 4.42. The highest BCUT2D eigenvalue weighted by Crippen LogP contribution is 2.53. The molecule has 0 saturated carbocycles. The highest BCUT2D eigenvalue weighted by atomic mass is 32.3. The second kappa shape index (κ2) is 6.24. The van der Waals surface area contributed by atoms with Gasteiger partial charge in [-0.05, 0) is 30.7 Å². The van der Waals surface area contributed by atoms with Crippen molar-refractivity contribution in [1.29, 1.82) is 0 Å². The maximum absolute atomic E-state index is 12.6. The average molecular weight is 358 g/mol.